The maximum atomic E-state index is 3.85. The van der Waals surface area contributed by atoms with E-state index in [4.69, 9.17) is 0 Å². The van der Waals surface area contributed by atoms with Crippen LogP contribution in [0.5, 0.6) is 0 Å². The molecule has 0 unspecified atom stereocenters. The zero-order valence-corrected chi connectivity index (χ0v) is 14.6. The Morgan fingerprint density at radius 3 is 1.80 bits per heavy atom. The van der Waals surface area contributed by atoms with Gasteiger partial charge in [0.15, 0.2) is 0 Å². The predicted octanol–water partition coefficient (Wildman–Crippen LogP) is 4.49. The number of benzene rings is 1. The number of rotatable bonds is 4. The second-order valence-electron chi connectivity index (χ2n) is 6.34. The minimum absolute atomic E-state index is 0.961. The molecule has 1 aliphatic carbocycles. The largest absolute Gasteiger partial charge is 0.333 e. The third kappa shape index (κ3) is 3.01. The van der Waals surface area contributed by atoms with Crippen molar-refractivity contribution in [3.8, 4) is 0 Å². The predicted molar refractivity (Wildman–Crippen MR) is 89.7 cm³/mol. The van der Waals surface area contributed by atoms with Gasteiger partial charge in [-0.25, -0.2) is 0 Å². The van der Waals surface area contributed by atoms with Crippen molar-refractivity contribution in [3.63, 3.8) is 0 Å². The van der Waals surface area contributed by atoms with Gasteiger partial charge in [0.2, 0.25) is 0 Å². The molecular formula is C18H26NSi. The lowest BCUT2D eigenvalue weighted by molar-refractivity contribution is 0.887. The quantitative estimate of drug-likeness (QED) is 0.804. The van der Waals surface area contributed by atoms with E-state index in [2.05, 4.69) is 76.1 Å². The molecule has 5 radical (unpaired) electrons. The van der Waals surface area contributed by atoms with Crippen LogP contribution in [0.1, 0.15) is 33.3 Å². The first kappa shape index (κ1) is 15.8. The Labute approximate surface area is 126 Å². The average molecular weight is 284 g/mol. The van der Waals surface area contributed by atoms with Crippen LogP contribution >= 0.6 is 0 Å². The van der Waals surface area contributed by atoms with Crippen LogP contribution in [0, 0.1) is 29.2 Å². The summed E-state index contributed by atoms with van der Waals surface area (Å²) in [5, 5.41) is 0. The Hall–Kier alpha value is -0.603. The van der Waals surface area contributed by atoms with Crippen LogP contribution in [0.25, 0.3) is 0 Å². The van der Waals surface area contributed by atoms with Crippen LogP contribution in [0.3, 0.4) is 0 Å². The van der Waals surface area contributed by atoms with Gasteiger partial charge in [-0.3, -0.25) is 0 Å². The van der Waals surface area contributed by atoms with Gasteiger partial charge in [0, 0.05) is 6.54 Å². The Balaban J connectivity index is 2.06. The normalized spacial score (nSPS) is 20.9. The lowest BCUT2D eigenvalue weighted by Gasteiger charge is -2.36. The van der Waals surface area contributed by atoms with Crippen molar-refractivity contribution in [3.05, 3.63) is 65.1 Å². The zero-order chi connectivity index (χ0) is 14.9. The molecule has 0 aromatic heterocycles. The second kappa shape index (κ2) is 6.03. The maximum Gasteiger partial charge on any atom is 0.127 e. The van der Waals surface area contributed by atoms with Gasteiger partial charge in [0.25, 0.3) is 0 Å². The van der Waals surface area contributed by atoms with E-state index < -0.39 is 8.24 Å². The highest BCUT2D eigenvalue weighted by atomic mass is 28.3. The molecule has 2 rings (SSSR count). The number of hydrogen-bond donors (Lipinski definition) is 1. The van der Waals surface area contributed by atoms with Crippen LogP contribution in [-0.4, -0.2) is 8.24 Å². The fourth-order valence-electron chi connectivity index (χ4n) is 3.16. The Bertz CT molecular complexity index is 414. The summed E-state index contributed by atoms with van der Waals surface area (Å²) in [5.74, 6) is 5.94. The van der Waals surface area contributed by atoms with Crippen LogP contribution in [0.2, 0.25) is 13.1 Å². The number of hydrogen-bond acceptors (Lipinski definition) is 1. The summed E-state index contributed by atoms with van der Waals surface area (Å²) >= 11 is 0. The third-order valence-electron chi connectivity index (χ3n) is 4.64. The van der Waals surface area contributed by atoms with Crippen molar-refractivity contribution >= 4 is 8.24 Å². The van der Waals surface area contributed by atoms with E-state index in [0.29, 0.717) is 0 Å². The highest BCUT2D eigenvalue weighted by Crippen LogP contribution is 2.54. The van der Waals surface area contributed by atoms with Gasteiger partial charge < -0.3 is 4.98 Å². The molecule has 0 aliphatic heterocycles. The monoisotopic (exact) mass is 284 g/mol. The van der Waals surface area contributed by atoms with E-state index in [1.807, 2.05) is 0 Å². The van der Waals surface area contributed by atoms with Gasteiger partial charge in [-0.05, 0) is 34.8 Å². The lowest BCUT2D eigenvalue weighted by Crippen LogP contribution is -2.52. The van der Waals surface area contributed by atoms with Crippen molar-refractivity contribution < 1.29 is 0 Å². The van der Waals surface area contributed by atoms with E-state index in [-0.39, 0.29) is 0 Å². The molecule has 1 fully saturated rings. The third-order valence-corrected chi connectivity index (χ3v) is 7.70. The van der Waals surface area contributed by atoms with Gasteiger partial charge in [-0.1, -0.05) is 71.1 Å². The summed E-state index contributed by atoms with van der Waals surface area (Å²) in [6.45, 7) is 14.9. The molecule has 1 saturated carbocycles. The van der Waals surface area contributed by atoms with Crippen LogP contribution in [0.15, 0.2) is 30.3 Å². The summed E-state index contributed by atoms with van der Waals surface area (Å²) < 4.78 is 0. The minimum Gasteiger partial charge on any atom is -0.333 e. The molecule has 1 nitrogen and oxygen atoms in total. The Morgan fingerprint density at radius 1 is 0.800 bits per heavy atom. The molecule has 1 aromatic rings. The van der Waals surface area contributed by atoms with Gasteiger partial charge in [-0.2, -0.15) is 0 Å². The summed E-state index contributed by atoms with van der Waals surface area (Å²) in [6, 6.07) is 10.7. The van der Waals surface area contributed by atoms with Crippen molar-refractivity contribution in [1.29, 1.82) is 0 Å². The molecule has 1 aliphatic rings. The molecule has 0 amide bonds. The molecule has 1 N–H and O–H groups in total. The summed E-state index contributed by atoms with van der Waals surface area (Å²) in [6.07, 6.45) is 0. The van der Waals surface area contributed by atoms with Crippen molar-refractivity contribution in [2.45, 2.75) is 47.3 Å². The zero-order valence-electron chi connectivity index (χ0n) is 13.6. The minimum atomic E-state index is -1.61. The highest BCUT2D eigenvalue weighted by Gasteiger charge is 2.50. The molecule has 2 heteroatoms. The molecule has 0 bridgehead atoms. The van der Waals surface area contributed by atoms with Crippen molar-refractivity contribution in [2.75, 3.05) is 0 Å². The van der Waals surface area contributed by atoms with Gasteiger partial charge in [0.1, 0.15) is 8.24 Å². The average Bonchev–Trinajstić information content (AvgIpc) is 2.62. The summed E-state index contributed by atoms with van der Waals surface area (Å²) in [5.41, 5.74) is 2.96. The van der Waals surface area contributed by atoms with E-state index >= 15 is 0 Å². The molecule has 1 aromatic carbocycles. The van der Waals surface area contributed by atoms with Crippen LogP contribution in [-0.2, 0) is 6.54 Å². The SMILES string of the molecule is C[C]1[C](C)[C](C)[C]([Si](C)(C)NCc2ccccc2)[C]1C. The van der Waals surface area contributed by atoms with Crippen LogP contribution < -0.4 is 4.98 Å². The second-order valence-corrected chi connectivity index (χ2v) is 10.4. The van der Waals surface area contributed by atoms with Crippen molar-refractivity contribution in [2.24, 2.45) is 0 Å². The first-order valence-corrected chi connectivity index (χ1v) is 10.4. The fraction of sp³-hybridized carbons (Fsp3) is 0.389. The van der Waals surface area contributed by atoms with E-state index in [9.17, 15) is 0 Å². The first-order chi connectivity index (χ1) is 9.34. The summed E-state index contributed by atoms with van der Waals surface area (Å²) in [7, 11) is -1.61. The first-order valence-electron chi connectivity index (χ1n) is 7.37. The fourth-order valence-corrected chi connectivity index (χ4v) is 6.24. The smallest absolute Gasteiger partial charge is 0.127 e. The van der Waals surface area contributed by atoms with E-state index in [1.165, 1.54) is 29.2 Å². The molecule has 0 heterocycles. The van der Waals surface area contributed by atoms with Gasteiger partial charge in [-0.15, -0.1) is 0 Å². The van der Waals surface area contributed by atoms with Crippen LogP contribution in [0.4, 0.5) is 0 Å². The topological polar surface area (TPSA) is 12.0 Å². The van der Waals surface area contributed by atoms with E-state index in [1.54, 1.807) is 5.54 Å². The van der Waals surface area contributed by atoms with Gasteiger partial charge >= 0.3 is 0 Å². The Kier molecular flexibility index (Phi) is 4.75. The molecule has 0 saturated heterocycles. The molecular weight excluding hydrogens is 258 g/mol. The maximum absolute atomic E-state index is 3.85. The highest BCUT2D eigenvalue weighted by molar-refractivity contribution is 6.82. The van der Waals surface area contributed by atoms with E-state index in [0.717, 1.165) is 6.54 Å². The molecule has 0 spiro atoms. The lowest BCUT2D eigenvalue weighted by atomic mass is 9.92. The van der Waals surface area contributed by atoms with Crippen molar-refractivity contribution in [1.82, 2.24) is 4.98 Å². The Morgan fingerprint density at radius 2 is 1.30 bits per heavy atom. The standard InChI is InChI=1S/C18H26NSi/c1-13-14(2)16(4)18(15(13)3)20(5,6)19-12-17-10-8-7-9-11-17/h7-11,19H,12H2,1-6H3. The number of nitrogens with one attached hydrogen (secondary N) is 1. The molecule has 107 valence electrons. The molecule has 20 heavy (non-hydrogen) atoms. The molecule has 0 atom stereocenters. The summed E-state index contributed by atoms with van der Waals surface area (Å²) in [4.78, 5) is 3.85. The van der Waals surface area contributed by atoms with Gasteiger partial charge in [0.05, 0.1) is 0 Å².